The van der Waals surface area contributed by atoms with Gasteiger partial charge in [0.05, 0.1) is 12.6 Å². The molecule has 2 atom stereocenters. The first-order chi connectivity index (χ1) is 11.4. The molecule has 0 saturated carbocycles. The van der Waals surface area contributed by atoms with Crippen molar-refractivity contribution in [1.29, 1.82) is 5.26 Å². The molecule has 24 heavy (non-hydrogen) atoms. The summed E-state index contributed by atoms with van der Waals surface area (Å²) >= 11 is 0. The Bertz CT molecular complexity index is 451. The lowest BCUT2D eigenvalue weighted by molar-refractivity contribution is -0.124. The van der Waals surface area contributed by atoms with E-state index in [0.717, 1.165) is 19.5 Å². The summed E-state index contributed by atoms with van der Waals surface area (Å²) in [7, 11) is 0. The highest BCUT2D eigenvalue weighted by molar-refractivity contribution is 5.79. The number of nitrogens with one attached hydrogen (secondary N) is 1. The lowest BCUT2D eigenvalue weighted by Gasteiger charge is -2.39. The molecule has 2 rings (SSSR count). The van der Waals surface area contributed by atoms with Crippen molar-refractivity contribution in [2.24, 2.45) is 5.92 Å². The molecular formula is C19H34N4O. The van der Waals surface area contributed by atoms with E-state index in [9.17, 15) is 10.1 Å². The molecule has 2 saturated heterocycles. The Morgan fingerprint density at radius 3 is 2.46 bits per heavy atom. The smallest absolute Gasteiger partial charge is 0.235 e. The van der Waals surface area contributed by atoms with Crippen molar-refractivity contribution in [2.75, 3.05) is 32.7 Å². The summed E-state index contributed by atoms with van der Waals surface area (Å²) in [4.78, 5) is 17.3. The quantitative estimate of drug-likeness (QED) is 0.838. The van der Waals surface area contributed by atoms with Crippen LogP contribution in [-0.4, -0.2) is 60.0 Å². The van der Waals surface area contributed by atoms with Crippen LogP contribution >= 0.6 is 0 Å². The average molecular weight is 335 g/mol. The van der Waals surface area contributed by atoms with Crippen molar-refractivity contribution < 1.29 is 4.79 Å². The molecule has 0 unspecified atom stereocenters. The predicted octanol–water partition coefficient (Wildman–Crippen LogP) is 2.38. The molecule has 0 aromatic rings. The molecule has 1 amide bonds. The Labute approximate surface area is 147 Å². The van der Waals surface area contributed by atoms with Crippen molar-refractivity contribution in [3.05, 3.63) is 0 Å². The number of carbonyl (C=O) groups is 1. The van der Waals surface area contributed by atoms with Gasteiger partial charge in [0.2, 0.25) is 5.91 Å². The molecule has 0 aromatic heterocycles. The molecule has 2 fully saturated rings. The van der Waals surface area contributed by atoms with Gasteiger partial charge in [-0.15, -0.1) is 0 Å². The molecule has 2 aliphatic rings. The highest BCUT2D eigenvalue weighted by atomic mass is 16.2. The summed E-state index contributed by atoms with van der Waals surface area (Å²) in [5, 5.41) is 12.3. The third kappa shape index (κ3) is 5.19. The second-order valence-corrected chi connectivity index (χ2v) is 8.00. The van der Waals surface area contributed by atoms with Gasteiger partial charge in [0, 0.05) is 12.6 Å². The molecule has 1 N–H and O–H groups in total. The van der Waals surface area contributed by atoms with Crippen LogP contribution in [0.15, 0.2) is 0 Å². The fourth-order valence-electron chi connectivity index (χ4n) is 3.77. The minimum atomic E-state index is -0.781. The van der Waals surface area contributed by atoms with E-state index < -0.39 is 5.54 Å². The second-order valence-electron chi connectivity index (χ2n) is 8.00. The number of carbonyl (C=O) groups excluding carboxylic acids is 1. The van der Waals surface area contributed by atoms with Gasteiger partial charge in [-0.1, -0.05) is 26.7 Å². The number of piperidine rings is 1. The molecule has 0 radical (unpaired) electrons. The molecule has 0 spiro atoms. The van der Waals surface area contributed by atoms with Gasteiger partial charge < -0.3 is 5.32 Å². The Balaban J connectivity index is 1.86. The van der Waals surface area contributed by atoms with Crippen LogP contribution in [0.25, 0.3) is 0 Å². The van der Waals surface area contributed by atoms with Crippen molar-refractivity contribution >= 4 is 5.91 Å². The number of rotatable bonds is 5. The predicted molar refractivity (Wildman–Crippen MR) is 96.5 cm³/mol. The van der Waals surface area contributed by atoms with Gasteiger partial charge in [-0.25, -0.2) is 0 Å². The van der Waals surface area contributed by atoms with Crippen molar-refractivity contribution in [3.8, 4) is 6.07 Å². The SMILES string of the molecule is CC(C)[C@](C)(C#N)NC(=O)CN1CCC[C@H](N2CCCCCC2)C1. The first-order valence-corrected chi connectivity index (χ1v) is 9.63. The van der Waals surface area contributed by atoms with Gasteiger partial charge in [0.25, 0.3) is 0 Å². The van der Waals surface area contributed by atoms with Gasteiger partial charge in [-0.3, -0.25) is 14.6 Å². The Kier molecular flexibility index (Phi) is 7.06. The van der Waals surface area contributed by atoms with Crippen LogP contribution in [0.5, 0.6) is 0 Å². The maximum atomic E-state index is 12.4. The fourth-order valence-corrected chi connectivity index (χ4v) is 3.77. The molecular weight excluding hydrogens is 300 g/mol. The van der Waals surface area contributed by atoms with Gasteiger partial charge in [0.1, 0.15) is 5.54 Å². The number of hydrogen-bond acceptors (Lipinski definition) is 4. The van der Waals surface area contributed by atoms with Gasteiger partial charge in [0.15, 0.2) is 0 Å². The summed E-state index contributed by atoms with van der Waals surface area (Å²) in [5.74, 6) is 0.0712. The van der Waals surface area contributed by atoms with Gasteiger partial charge >= 0.3 is 0 Å². The van der Waals surface area contributed by atoms with E-state index in [2.05, 4.69) is 21.2 Å². The molecule has 2 heterocycles. The summed E-state index contributed by atoms with van der Waals surface area (Å²) < 4.78 is 0. The summed E-state index contributed by atoms with van der Waals surface area (Å²) in [6.45, 7) is 10.6. The molecule has 136 valence electrons. The number of likely N-dealkylation sites (tertiary alicyclic amines) is 2. The van der Waals surface area contributed by atoms with Crippen LogP contribution in [0, 0.1) is 17.2 Å². The normalized spacial score (nSPS) is 26.4. The number of nitrogens with zero attached hydrogens (tertiary/aromatic N) is 3. The van der Waals surface area contributed by atoms with E-state index in [0.29, 0.717) is 12.6 Å². The maximum absolute atomic E-state index is 12.4. The molecule has 0 aliphatic carbocycles. The minimum Gasteiger partial charge on any atom is -0.337 e. The van der Waals surface area contributed by atoms with E-state index in [1.807, 2.05) is 20.8 Å². The molecule has 5 nitrogen and oxygen atoms in total. The van der Waals surface area contributed by atoms with Gasteiger partial charge in [-0.05, 0) is 58.2 Å². The van der Waals surface area contributed by atoms with E-state index in [4.69, 9.17) is 0 Å². The third-order valence-corrected chi connectivity index (χ3v) is 5.79. The van der Waals surface area contributed by atoms with E-state index >= 15 is 0 Å². The van der Waals surface area contributed by atoms with Gasteiger partial charge in [-0.2, -0.15) is 5.26 Å². The third-order valence-electron chi connectivity index (χ3n) is 5.79. The number of amides is 1. The van der Waals surface area contributed by atoms with Crippen molar-refractivity contribution in [2.45, 2.75) is 70.9 Å². The zero-order valence-corrected chi connectivity index (χ0v) is 15.7. The van der Waals surface area contributed by atoms with Crippen molar-refractivity contribution in [1.82, 2.24) is 15.1 Å². The standard InChI is InChI=1S/C19H34N4O/c1-16(2)19(3,15-20)21-18(24)14-22-10-8-9-17(13-22)23-11-6-4-5-7-12-23/h16-17H,4-14H2,1-3H3,(H,21,24)/t17-,19-/m0/s1. The highest BCUT2D eigenvalue weighted by Crippen LogP contribution is 2.20. The lowest BCUT2D eigenvalue weighted by Crippen LogP contribution is -2.54. The number of nitriles is 1. The first kappa shape index (κ1) is 19.2. The van der Waals surface area contributed by atoms with E-state index in [1.54, 1.807) is 0 Å². The largest absolute Gasteiger partial charge is 0.337 e. The summed E-state index contributed by atoms with van der Waals surface area (Å²) in [5.41, 5.74) is -0.781. The van der Waals surface area contributed by atoms with Crippen LogP contribution in [-0.2, 0) is 4.79 Å². The van der Waals surface area contributed by atoms with Crippen LogP contribution < -0.4 is 5.32 Å². The Hall–Kier alpha value is -1.12. The van der Waals surface area contributed by atoms with E-state index in [1.165, 1.54) is 45.2 Å². The zero-order chi connectivity index (χ0) is 17.6. The van der Waals surface area contributed by atoms with Crippen LogP contribution in [0.1, 0.15) is 59.3 Å². The monoisotopic (exact) mass is 334 g/mol. The fraction of sp³-hybridized carbons (Fsp3) is 0.895. The van der Waals surface area contributed by atoms with Crippen molar-refractivity contribution in [3.63, 3.8) is 0 Å². The average Bonchev–Trinajstić information content (AvgIpc) is 2.84. The second kappa shape index (κ2) is 8.82. The topological polar surface area (TPSA) is 59.4 Å². The molecule has 0 bridgehead atoms. The summed E-state index contributed by atoms with van der Waals surface area (Å²) in [6, 6.07) is 2.85. The zero-order valence-electron chi connectivity index (χ0n) is 15.7. The highest BCUT2D eigenvalue weighted by Gasteiger charge is 2.32. The lowest BCUT2D eigenvalue weighted by atomic mass is 9.90. The molecule has 0 aromatic carbocycles. The number of hydrogen-bond donors (Lipinski definition) is 1. The van der Waals surface area contributed by atoms with Crippen LogP contribution in [0.2, 0.25) is 0 Å². The maximum Gasteiger partial charge on any atom is 0.235 e. The van der Waals surface area contributed by atoms with Crippen LogP contribution in [0.4, 0.5) is 0 Å². The molecule has 5 heteroatoms. The minimum absolute atomic E-state index is 0.0238. The Morgan fingerprint density at radius 1 is 1.21 bits per heavy atom. The summed E-state index contributed by atoms with van der Waals surface area (Å²) in [6.07, 6.45) is 7.75. The van der Waals surface area contributed by atoms with Crippen LogP contribution in [0.3, 0.4) is 0 Å². The van der Waals surface area contributed by atoms with E-state index in [-0.39, 0.29) is 11.8 Å². The Morgan fingerprint density at radius 2 is 1.88 bits per heavy atom. The first-order valence-electron chi connectivity index (χ1n) is 9.63. The molecule has 2 aliphatic heterocycles.